The molecule has 3 aromatic carbocycles. The molecule has 2 heterocycles. The number of aromatic nitrogens is 2. The van der Waals surface area contributed by atoms with E-state index in [1.165, 1.54) is 67.8 Å². The van der Waals surface area contributed by atoms with E-state index in [-0.39, 0.29) is 57.5 Å². The van der Waals surface area contributed by atoms with Gasteiger partial charge in [-0.3, -0.25) is 4.79 Å². The van der Waals surface area contributed by atoms with Crippen molar-refractivity contribution in [3.8, 4) is 11.5 Å². The summed E-state index contributed by atoms with van der Waals surface area (Å²) in [6.07, 6.45) is -8.96. The number of anilines is 1. The Labute approximate surface area is 235 Å². The molecule has 0 aliphatic carbocycles. The Hall–Kier alpha value is -4.24. The number of para-hydroxylation sites is 1. The van der Waals surface area contributed by atoms with Gasteiger partial charge in [-0.1, -0.05) is 24.3 Å². The molecule has 0 fully saturated rings. The van der Waals surface area contributed by atoms with Crippen LogP contribution in [0.2, 0.25) is 0 Å². The summed E-state index contributed by atoms with van der Waals surface area (Å²) in [4.78, 5) is 16.4. The zero-order valence-corrected chi connectivity index (χ0v) is 22.6. The summed E-state index contributed by atoms with van der Waals surface area (Å²) in [5.74, 6) is -2.64. The number of sulfone groups is 1. The van der Waals surface area contributed by atoms with Gasteiger partial charge in [-0.15, -0.1) is 8.78 Å². The van der Waals surface area contributed by atoms with E-state index in [0.29, 0.717) is 5.56 Å². The molecule has 42 heavy (non-hydrogen) atoms. The summed E-state index contributed by atoms with van der Waals surface area (Å²) < 4.78 is 108. The fourth-order valence-corrected chi connectivity index (χ4v) is 5.59. The molecule has 1 amide bonds. The minimum Gasteiger partial charge on any atom is -0.395 e. The number of alkyl halides is 5. The highest BCUT2D eigenvalue weighted by Crippen LogP contribution is 2.44. The first-order valence-electron chi connectivity index (χ1n) is 12.3. The lowest BCUT2D eigenvalue weighted by Crippen LogP contribution is -2.26. The largest absolute Gasteiger partial charge is 0.586 e. The molecule has 1 aliphatic rings. The van der Waals surface area contributed by atoms with Gasteiger partial charge < -0.3 is 24.1 Å². The number of ether oxygens (including phenoxy) is 3. The van der Waals surface area contributed by atoms with Crippen molar-refractivity contribution < 1.29 is 49.4 Å². The molecule has 9 nitrogen and oxygen atoms in total. The van der Waals surface area contributed by atoms with Crippen molar-refractivity contribution in [2.24, 2.45) is 0 Å². The third-order valence-electron chi connectivity index (χ3n) is 6.33. The minimum absolute atomic E-state index is 0.0179. The van der Waals surface area contributed by atoms with Crippen LogP contribution in [0.3, 0.4) is 0 Å². The quantitative estimate of drug-likeness (QED) is 0.265. The van der Waals surface area contributed by atoms with Gasteiger partial charge in [-0.05, 0) is 42.0 Å². The van der Waals surface area contributed by atoms with Crippen LogP contribution < -0.4 is 14.8 Å². The maximum absolute atomic E-state index is 13.9. The van der Waals surface area contributed by atoms with Crippen molar-refractivity contribution in [2.75, 3.05) is 24.8 Å². The first-order valence-corrected chi connectivity index (χ1v) is 14.0. The fraction of sp³-hybridized carbons (Fsp3) is 0.259. The summed E-state index contributed by atoms with van der Waals surface area (Å²) in [6, 6.07) is 13.6. The van der Waals surface area contributed by atoms with Gasteiger partial charge in [0.05, 0.1) is 41.3 Å². The summed E-state index contributed by atoms with van der Waals surface area (Å²) in [6.45, 7) is -0.465. The lowest BCUT2D eigenvalue weighted by atomic mass is 10.1. The number of hydrogen-bond donors (Lipinski definition) is 1. The minimum atomic E-state index is -4.88. The Morgan fingerprint density at radius 3 is 2.50 bits per heavy atom. The Morgan fingerprint density at radius 2 is 1.81 bits per heavy atom. The second-order valence-electron chi connectivity index (χ2n) is 9.32. The van der Waals surface area contributed by atoms with E-state index in [9.17, 15) is 35.2 Å². The number of carbonyl (C=O) groups excluding carboxylic acids is 1. The summed E-state index contributed by atoms with van der Waals surface area (Å²) in [5.41, 5.74) is 0.635. The predicted molar refractivity (Wildman–Crippen MR) is 139 cm³/mol. The molecule has 0 bridgehead atoms. The normalized spacial score (nSPS) is 14.3. The van der Waals surface area contributed by atoms with Crippen molar-refractivity contribution in [1.82, 2.24) is 9.55 Å². The maximum atomic E-state index is 13.9. The second kappa shape index (κ2) is 10.9. The average molecular weight is 612 g/mol. The lowest BCUT2D eigenvalue weighted by Gasteiger charge is -2.13. The lowest BCUT2D eigenvalue weighted by molar-refractivity contribution is -0.287. The van der Waals surface area contributed by atoms with E-state index in [1.54, 1.807) is 0 Å². The van der Waals surface area contributed by atoms with Crippen LogP contribution in [0.15, 0.2) is 65.6 Å². The Balaban J connectivity index is 1.36. The molecule has 4 aromatic rings. The van der Waals surface area contributed by atoms with Gasteiger partial charge >= 0.3 is 12.5 Å². The van der Waals surface area contributed by atoms with Crippen LogP contribution >= 0.6 is 0 Å². The number of halogens is 5. The summed E-state index contributed by atoms with van der Waals surface area (Å²) in [7, 11) is -2.15. The molecule has 1 aromatic heterocycles. The van der Waals surface area contributed by atoms with Crippen molar-refractivity contribution in [1.29, 1.82) is 0 Å². The highest BCUT2D eigenvalue weighted by Gasteiger charge is 2.45. The van der Waals surface area contributed by atoms with Gasteiger partial charge in [0.15, 0.2) is 21.3 Å². The molecule has 1 N–H and O–H groups in total. The van der Waals surface area contributed by atoms with Gasteiger partial charge in [0, 0.05) is 18.4 Å². The Morgan fingerprint density at radius 1 is 1.07 bits per heavy atom. The van der Waals surface area contributed by atoms with Crippen LogP contribution in [-0.2, 0) is 38.5 Å². The third-order valence-corrected chi connectivity index (χ3v) is 8.02. The zero-order valence-electron chi connectivity index (χ0n) is 21.7. The molecular formula is C27H22F5N3O6S. The van der Waals surface area contributed by atoms with E-state index in [1.807, 2.05) is 0 Å². The van der Waals surface area contributed by atoms with Gasteiger partial charge in [0.25, 0.3) is 0 Å². The highest BCUT2D eigenvalue weighted by molar-refractivity contribution is 7.91. The topological polar surface area (TPSA) is 109 Å². The molecule has 15 heteroatoms. The third kappa shape index (κ3) is 6.16. The van der Waals surface area contributed by atoms with E-state index < -0.39 is 40.6 Å². The standard InChI is InChI=1S/C27H22F5N3O6S/c1-39-11-12-42(37,38)19-8-5-16(6-9-19)13-23(36)33-18-7-10-21-20(14-18)34-25(26(28,29)30)35(21)15-17-3-2-4-22-24(17)41-27(31,32)40-22/h2-10,14H,11-13,15H2,1H3,(H,33,36). The zero-order chi connectivity index (χ0) is 30.3. The smallest absolute Gasteiger partial charge is 0.395 e. The SMILES string of the molecule is COCCS(=O)(=O)c1ccc(CC(=O)Nc2ccc3c(c2)nc(C(F)(F)F)n3Cc2cccc3c2OC(F)(F)O3)cc1. The molecule has 0 spiro atoms. The van der Waals surface area contributed by atoms with Crippen molar-refractivity contribution in [3.63, 3.8) is 0 Å². The van der Waals surface area contributed by atoms with E-state index in [2.05, 4.69) is 19.8 Å². The van der Waals surface area contributed by atoms with Crippen molar-refractivity contribution in [2.45, 2.75) is 30.3 Å². The molecule has 0 atom stereocenters. The maximum Gasteiger partial charge on any atom is 0.586 e. The predicted octanol–water partition coefficient (Wildman–Crippen LogP) is 5.03. The van der Waals surface area contributed by atoms with Gasteiger partial charge in [-0.2, -0.15) is 13.2 Å². The van der Waals surface area contributed by atoms with E-state index in [0.717, 1.165) is 4.57 Å². The Kier molecular flexibility index (Phi) is 7.57. The number of nitrogens with one attached hydrogen (secondary N) is 1. The molecule has 0 saturated carbocycles. The van der Waals surface area contributed by atoms with Crippen LogP contribution in [0, 0.1) is 0 Å². The first-order chi connectivity index (χ1) is 19.8. The summed E-state index contributed by atoms with van der Waals surface area (Å²) >= 11 is 0. The fourth-order valence-electron chi connectivity index (χ4n) is 4.42. The van der Waals surface area contributed by atoms with Crippen LogP contribution in [0.5, 0.6) is 11.5 Å². The van der Waals surface area contributed by atoms with E-state index >= 15 is 0 Å². The molecule has 0 radical (unpaired) electrons. The number of imidazole rings is 1. The molecule has 0 unspecified atom stereocenters. The van der Waals surface area contributed by atoms with Crippen LogP contribution in [0.4, 0.5) is 27.6 Å². The Bertz CT molecular complexity index is 1750. The van der Waals surface area contributed by atoms with Crippen molar-refractivity contribution in [3.05, 3.63) is 77.6 Å². The number of amides is 1. The number of hydrogen-bond acceptors (Lipinski definition) is 7. The van der Waals surface area contributed by atoms with Gasteiger partial charge in [-0.25, -0.2) is 13.4 Å². The van der Waals surface area contributed by atoms with Crippen LogP contribution in [-0.4, -0.2) is 49.6 Å². The average Bonchev–Trinajstić information content (AvgIpc) is 3.44. The van der Waals surface area contributed by atoms with Crippen molar-refractivity contribution >= 4 is 32.5 Å². The second-order valence-corrected chi connectivity index (χ2v) is 11.4. The first kappa shape index (κ1) is 29.3. The number of nitrogens with zero attached hydrogens (tertiary/aromatic N) is 2. The molecule has 0 saturated heterocycles. The van der Waals surface area contributed by atoms with E-state index in [4.69, 9.17) is 4.74 Å². The molecule has 5 rings (SSSR count). The van der Waals surface area contributed by atoms with Gasteiger partial charge in [0.2, 0.25) is 11.7 Å². The molecule has 222 valence electrons. The monoisotopic (exact) mass is 611 g/mol. The number of fused-ring (bicyclic) bond motifs is 2. The van der Waals surface area contributed by atoms with Crippen LogP contribution in [0.25, 0.3) is 11.0 Å². The number of methoxy groups -OCH3 is 1. The molecule has 1 aliphatic heterocycles. The molecular weight excluding hydrogens is 589 g/mol. The van der Waals surface area contributed by atoms with Gasteiger partial charge in [0.1, 0.15) is 0 Å². The summed E-state index contributed by atoms with van der Waals surface area (Å²) in [5, 5.41) is 2.59. The number of benzene rings is 3. The number of rotatable bonds is 9. The number of carbonyl (C=O) groups is 1. The highest BCUT2D eigenvalue weighted by atomic mass is 32.2. The van der Waals surface area contributed by atoms with Crippen LogP contribution in [0.1, 0.15) is 17.0 Å².